The van der Waals surface area contributed by atoms with Gasteiger partial charge in [0.25, 0.3) is 0 Å². The van der Waals surface area contributed by atoms with Gasteiger partial charge in [0, 0.05) is 5.69 Å². The first-order valence-corrected chi connectivity index (χ1v) is 13.4. The number of nitrogens with one attached hydrogen (secondary N) is 2. The number of alkyl carbamates (subject to hydrolysis) is 1. The third-order valence-corrected chi connectivity index (χ3v) is 5.51. The number of unbranched alkanes of at least 4 members (excludes halogenated alkanes) is 5. The van der Waals surface area contributed by atoms with Gasteiger partial charge in [-0.1, -0.05) is 69.4 Å². The van der Waals surface area contributed by atoms with Gasteiger partial charge in [0.05, 0.1) is 13.0 Å². The van der Waals surface area contributed by atoms with Crippen LogP contribution in [0.5, 0.6) is 5.75 Å². The molecule has 2 aromatic rings. The van der Waals surface area contributed by atoms with E-state index in [1.54, 1.807) is 45.0 Å². The van der Waals surface area contributed by atoms with Crippen LogP contribution in [0.1, 0.15) is 78.2 Å². The molecule has 8 nitrogen and oxygen atoms in total. The number of hydrogen-bond acceptors (Lipinski definition) is 6. The minimum absolute atomic E-state index is 0.0701. The third-order valence-electron chi connectivity index (χ3n) is 5.51. The summed E-state index contributed by atoms with van der Waals surface area (Å²) in [6.07, 6.45) is 5.99. The standard InChI is InChI=1S/C30H42N2O6/c1-5-6-7-8-9-13-20-36-25-18-16-24(17-19-25)31-28(34)26(32-29(35)38-30(2,3)4)21-27(33)37-22-23-14-11-10-12-15-23/h10-12,14-19,26H,5-9,13,20-22H2,1-4H3,(H,31,34)(H,32,35)/t26-/m0/s1. The molecule has 0 unspecified atom stereocenters. The molecule has 0 fully saturated rings. The SMILES string of the molecule is CCCCCCCCOc1ccc(NC(=O)[C@H](CC(=O)OCc2ccccc2)NC(=O)OC(C)(C)C)cc1. The highest BCUT2D eigenvalue weighted by atomic mass is 16.6. The molecule has 2 N–H and O–H groups in total. The van der Waals surface area contributed by atoms with Crippen molar-refractivity contribution in [1.82, 2.24) is 5.32 Å². The molecule has 0 bridgehead atoms. The maximum absolute atomic E-state index is 13.0. The van der Waals surface area contributed by atoms with Crippen molar-refractivity contribution in [3.63, 3.8) is 0 Å². The molecule has 2 rings (SSSR count). The van der Waals surface area contributed by atoms with Crippen LogP contribution in [0.4, 0.5) is 10.5 Å². The van der Waals surface area contributed by atoms with Crippen molar-refractivity contribution >= 4 is 23.7 Å². The molecule has 2 amide bonds. The molecule has 1 atom stereocenters. The van der Waals surface area contributed by atoms with Crippen LogP contribution in [0.3, 0.4) is 0 Å². The van der Waals surface area contributed by atoms with Gasteiger partial charge in [-0.15, -0.1) is 0 Å². The molecule has 0 aliphatic heterocycles. The van der Waals surface area contributed by atoms with Gasteiger partial charge < -0.3 is 24.8 Å². The quantitative estimate of drug-likeness (QED) is 0.206. The lowest BCUT2D eigenvalue weighted by atomic mass is 10.1. The molecule has 0 radical (unpaired) electrons. The summed E-state index contributed by atoms with van der Waals surface area (Å²) in [5.41, 5.74) is 0.570. The van der Waals surface area contributed by atoms with Gasteiger partial charge in [0.15, 0.2) is 0 Å². The molecule has 0 aliphatic rings. The summed E-state index contributed by atoms with van der Waals surface area (Å²) in [4.78, 5) is 37.8. The number of rotatable bonds is 15. The van der Waals surface area contributed by atoms with Crippen molar-refractivity contribution in [1.29, 1.82) is 0 Å². The van der Waals surface area contributed by atoms with Gasteiger partial charge in [-0.25, -0.2) is 4.79 Å². The lowest BCUT2D eigenvalue weighted by molar-refractivity contribution is -0.146. The van der Waals surface area contributed by atoms with Gasteiger partial charge in [-0.3, -0.25) is 9.59 Å². The Bertz CT molecular complexity index is 986. The first-order valence-electron chi connectivity index (χ1n) is 13.4. The molecule has 0 aliphatic carbocycles. The van der Waals surface area contributed by atoms with Crippen molar-refractivity contribution in [2.24, 2.45) is 0 Å². The number of hydrogen-bond donors (Lipinski definition) is 2. The molecule has 0 spiro atoms. The average molecular weight is 527 g/mol. The number of carbonyl (C=O) groups excluding carboxylic acids is 3. The minimum Gasteiger partial charge on any atom is -0.494 e. The first kappa shape index (κ1) is 30.7. The monoisotopic (exact) mass is 526 g/mol. The molecular formula is C30H42N2O6. The van der Waals surface area contributed by atoms with Crippen LogP contribution in [0.2, 0.25) is 0 Å². The van der Waals surface area contributed by atoms with E-state index in [0.717, 1.165) is 18.4 Å². The topological polar surface area (TPSA) is 103 Å². The van der Waals surface area contributed by atoms with E-state index in [-0.39, 0.29) is 13.0 Å². The summed E-state index contributed by atoms with van der Waals surface area (Å²) >= 11 is 0. The second kappa shape index (κ2) is 16.3. The largest absolute Gasteiger partial charge is 0.494 e. The Morgan fingerprint density at radius 3 is 2.18 bits per heavy atom. The lowest BCUT2D eigenvalue weighted by Gasteiger charge is -2.23. The number of benzene rings is 2. The molecule has 0 heterocycles. The van der Waals surface area contributed by atoms with E-state index >= 15 is 0 Å². The van der Waals surface area contributed by atoms with Crippen molar-refractivity contribution < 1.29 is 28.6 Å². The molecule has 0 saturated carbocycles. The van der Waals surface area contributed by atoms with Crippen molar-refractivity contribution in [2.45, 2.75) is 90.9 Å². The molecule has 38 heavy (non-hydrogen) atoms. The molecule has 2 aromatic carbocycles. The first-order chi connectivity index (χ1) is 18.2. The fourth-order valence-electron chi connectivity index (χ4n) is 3.56. The number of carbonyl (C=O) groups is 3. The van der Waals surface area contributed by atoms with E-state index in [9.17, 15) is 14.4 Å². The number of anilines is 1. The summed E-state index contributed by atoms with van der Waals surface area (Å²) in [5.74, 6) is -0.471. The van der Waals surface area contributed by atoms with Gasteiger partial charge in [0.2, 0.25) is 5.91 Å². The van der Waals surface area contributed by atoms with Crippen LogP contribution in [-0.4, -0.2) is 36.2 Å². The van der Waals surface area contributed by atoms with Crippen LogP contribution >= 0.6 is 0 Å². The summed E-state index contributed by atoms with van der Waals surface area (Å²) in [6.45, 7) is 8.06. The van der Waals surface area contributed by atoms with E-state index in [1.807, 2.05) is 30.3 Å². The second-order valence-electron chi connectivity index (χ2n) is 10.2. The molecular weight excluding hydrogens is 484 g/mol. The van der Waals surface area contributed by atoms with E-state index in [1.165, 1.54) is 25.7 Å². The highest BCUT2D eigenvalue weighted by Gasteiger charge is 2.27. The Morgan fingerprint density at radius 2 is 1.53 bits per heavy atom. The summed E-state index contributed by atoms with van der Waals surface area (Å²) in [7, 11) is 0. The van der Waals surface area contributed by atoms with Crippen LogP contribution in [0.15, 0.2) is 54.6 Å². The van der Waals surface area contributed by atoms with Crippen molar-refractivity contribution in [2.75, 3.05) is 11.9 Å². The zero-order valence-corrected chi connectivity index (χ0v) is 23.1. The zero-order valence-electron chi connectivity index (χ0n) is 23.1. The van der Waals surface area contributed by atoms with E-state index in [4.69, 9.17) is 14.2 Å². The van der Waals surface area contributed by atoms with Crippen LogP contribution in [-0.2, 0) is 25.7 Å². The highest BCUT2D eigenvalue weighted by molar-refractivity contribution is 5.98. The van der Waals surface area contributed by atoms with Gasteiger partial charge >= 0.3 is 12.1 Å². The fourth-order valence-corrected chi connectivity index (χ4v) is 3.56. The lowest BCUT2D eigenvalue weighted by Crippen LogP contribution is -2.47. The van der Waals surface area contributed by atoms with E-state index in [0.29, 0.717) is 18.0 Å². The molecule has 208 valence electrons. The van der Waals surface area contributed by atoms with Crippen molar-refractivity contribution in [3.05, 3.63) is 60.2 Å². The van der Waals surface area contributed by atoms with Gasteiger partial charge in [-0.05, 0) is 57.0 Å². The number of esters is 1. The van der Waals surface area contributed by atoms with E-state index in [2.05, 4.69) is 17.6 Å². The van der Waals surface area contributed by atoms with Gasteiger partial charge in [0.1, 0.15) is 24.0 Å². The maximum Gasteiger partial charge on any atom is 0.408 e. The Balaban J connectivity index is 1.91. The maximum atomic E-state index is 13.0. The van der Waals surface area contributed by atoms with Crippen molar-refractivity contribution in [3.8, 4) is 5.75 Å². The Kier molecular flexibility index (Phi) is 13.2. The van der Waals surface area contributed by atoms with Crippen LogP contribution in [0, 0.1) is 0 Å². The molecule has 0 aromatic heterocycles. The normalized spacial score (nSPS) is 11.8. The molecule has 0 saturated heterocycles. The number of ether oxygens (including phenoxy) is 3. The number of amides is 2. The summed E-state index contributed by atoms with van der Waals surface area (Å²) < 4.78 is 16.4. The predicted molar refractivity (Wildman–Crippen MR) is 148 cm³/mol. The zero-order chi connectivity index (χ0) is 27.8. The summed E-state index contributed by atoms with van der Waals surface area (Å²) in [5, 5.41) is 5.23. The van der Waals surface area contributed by atoms with Crippen LogP contribution < -0.4 is 15.4 Å². The van der Waals surface area contributed by atoms with Crippen LogP contribution in [0.25, 0.3) is 0 Å². The average Bonchev–Trinajstić information content (AvgIpc) is 2.87. The smallest absolute Gasteiger partial charge is 0.408 e. The fraction of sp³-hybridized carbons (Fsp3) is 0.500. The Morgan fingerprint density at radius 1 is 0.868 bits per heavy atom. The predicted octanol–water partition coefficient (Wildman–Crippen LogP) is 6.39. The summed E-state index contributed by atoms with van der Waals surface area (Å²) in [6, 6.07) is 15.0. The Hall–Kier alpha value is -3.55. The molecule has 8 heteroatoms. The van der Waals surface area contributed by atoms with Gasteiger partial charge in [-0.2, -0.15) is 0 Å². The third kappa shape index (κ3) is 13.1. The minimum atomic E-state index is -1.18. The van der Waals surface area contributed by atoms with E-state index < -0.39 is 29.6 Å². The second-order valence-corrected chi connectivity index (χ2v) is 10.2. The highest BCUT2D eigenvalue weighted by Crippen LogP contribution is 2.17. The Labute approximate surface area is 226 Å².